The standard InChI is InChI=1S/C7H12S/c1-2-6-4-7(5-6)8-3-1/h6-7H,1-5H2. The van der Waals surface area contributed by atoms with Gasteiger partial charge in [0.05, 0.1) is 0 Å². The number of fused-ring (bicyclic) bond motifs is 3. The first-order valence-electron chi connectivity index (χ1n) is 3.57. The van der Waals surface area contributed by atoms with E-state index in [9.17, 15) is 0 Å². The molecule has 2 heterocycles. The predicted molar refractivity (Wildman–Crippen MR) is 38.2 cm³/mol. The molecular formula is C7H12S. The Morgan fingerprint density at radius 3 is 3.00 bits per heavy atom. The summed E-state index contributed by atoms with van der Waals surface area (Å²) in [7, 11) is 0. The number of thioether (sulfide) groups is 1. The molecule has 3 fully saturated rings. The van der Waals surface area contributed by atoms with E-state index >= 15 is 0 Å². The first-order chi connectivity index (χ1) is 3.95. The van der Waals surface area contributed by atoms with Crippen molar-refractivity contribution in [3.8, 4) is 0 Å². The fourth-order valence-electron chi connectivity index (χ4n) is 1.67. The largest absolute Gasteiger partial charge is 0.159 e. The molecule has 2 saturated heterocycles. The minimum absolute atomic E-state index is 1.09. The third-order valence-corrected chi connectivity index (χ3v) is 3.68. The summed E-state index contributed by atoms with van der Waals surface area (Å²) in [5.41, 5.74) is 0. The Morgan fingerprint density at radius 2 is 2.12 bits per heavy atom. The highest BCUT2D eigenvalue weighted by atomic mass is 32.2. The van der Waals surface area contributed by atoms with Crippen LogP contribution in [0.4, 0.5) is 0 Å². The van der Waals surface area contributed by atoms with Crippen LogP contribution in [0, 0.1) is 5.92 Å². The van der Waals surface area contributed by atoms with E-state index in [1.54, 1.807) is 12.8 Å². The van der Waals surface area contributed by atoms with Crippen molar-refractivity contribution in [1.29, 1.82) is 0 Å². The quantitative estimate of drug-likeness (QED) is 0.482. The van der Waals surface area contributed by atoms with Gasteiger partial charge in [-0.1, -0.05) is 0 Å². The van der Waals surface area contributed by atoms with Crippen LogP contribution in [0.25, 0.3) is 0 Å². The van der Waals surface area contributed by atoms with Crippen molar-refractivity contribution in [2.45, 2.75) is 30.9 Å². The lowest BCUT2D eigenvalue weighted by Crippen LogP contribution is -2.23. The van der Waals surface area contributed by atoms with Crippen LogP contribution in [0.3, 0.4) is 0 Å². The summed E-state index contributed by atoms with van der Waals surface area (Å²) in [4.78, 5) is 0. The normalized spacial score (nSPS) is 45.0. The average molecular weight is 128 g/mol. The number of hydrogen-bond acceptors (Lipinski definition) is 1. The van der Waals surface area contributed by atoms with Gasteiger partial charge in [0.1, 0.15) is 0 Å². The Kier molecular flexibility index (Phi) is 1.25. The topological polar surface area (TPSA) is 0 Å². The second kappa shape index (κ2) is 1.94. The molecule has 0 nitrogen and oxygen atoms in total. The van der Waals surface area contributed by atoms with Gasteiger partial charge in [0.2, 0.25) is 0 Å². The van der Waals surface area contributed by atoms with Gasteiger partial charge in [-0.15, -0.1) is 0 Å². The Balaban J connectivity index is 1.95. The van der Waals surface area contributed by atoms with Gasteiger partial charge in [-0.2, -0.15) is 11.8 Å². The SMILES string of the molecule is C1CSC2CC(C1)C2. The fraction of sp³-hybridized carbons (Fsp3) is 1.00. The molecule has 1 saturated carbocycles. The van der Waals surface area contributed by atoms with Gasteiger partial charge in [-0.05, 0) is 37.4 Å². The van der Waals surface area contributed by atoms with Crippen LogP contribution < -0.4 is 0 Å². The third kappa shape index (κ3) is 0.771. The minimum Gasteiger partial charge on any atom is -0.159 e. The highest BCUT2D eigenvalue weighted by Crippen LogP contribution is 2.43. The van der Waals surface area contributed by atoms with Gasteiger partial charge < -0.3 is 0 Å². The van der Waals surface area contributed by atoms with Crippen LogP contribution in [0.15, 0.2) is 0 Å². The van der Waals surface area contributed by atoms with Crippen molar-refractivity contribution in [3.63, 3.8) is 0 Å². The van der Waals surface area contributed by atoms with Crippen molar-refractivity contribution >= 4 is 11.8 Å². The second-order valence-electron chi connectivity index (χ2n) is 2.97. The fourth-order valence-corrected chi connectivity index (χ4v) is 3.15. The summed E-state index contributed by atoms with van der Waals surface area (Å²) < 4.78 is 0. The van der Waals surface area contributed by atoms with Gasteiger partial charge >= 0.3 is 0 Å². The number of rotatable bonds is 0. The molecule has 0 unspecified atom stereocenters. The van der Waals surface area contributed by atoms with E-state index in [4.69, 9.17) is 0 Å². The van der Waals surface area contributed by atoms with Gasteiger partial charge in [0, 0.05) is 5.25 Å². The Labute approximate surface area is 55.0 Å². The molecule has 0 atom stereocenters. The van der Waals surface area contributed by atoms with E-state index in [0.717, 1.165) is 11.2 Å². The molecule has 0 aromatic carbocycles. The molecule has 1 aliphatic carbocycles. The lowest BCUT2D eigenvalue weighted by atomic mass is 9.82. The Hall–Kier alpha value is 0.350. The molecule has 3 rings (SSSR count). The van der Waals surface area contributed by atoms with Gasteiger partial charge in [-0.25, -0.2) is 0 Å². The van der Waals surface area contributed by atoms with Crippen LogP contribution in [-0.4, -0.2) is 11.0 Å². The molecule has 0 spiro atoms. The first kappa shape index (κ1) is 5.16. The molecule has 0 N–H and O–H groups in total. The van der Waals surface area contributed by atoms with Crippen molar-refractivity contribution in [1.82, 2.24) is 0 Å². The smallest absolute Gasteiger partial charge is 0.00523 e. The highest BCUT2D eigenvalue weighted by molar-refractivity contribution is 7.99. The molecule has 1 heteroatoms. The maximum atomic E-state index is 2.20. The molecule has 0 aromatic rings. The zero-order valence-corrected chi connectivity index (χ0v) is 5.91. The summed E-state index contributed by atoms with van der Waals surface area (Å²) in [5, 5.41) is 1.09. The Bertz CT molecular complexity index is 68.9. The molecule has 2 bridgehead atoms. The van der Waals surface area contributed by atoms with Gasteiger partial charge in [-0.3, -0.25) is 0 Å². The summed E-state index contributed by atoms with van der Waals surface area (Å²) in [5.74, 6) is 2.59. The first-order valence-corrected chi connectivity index (χ1v) is 4.61. The maximum absolute atomic E-state index is 2.20. The third-order valence-electron chi connectivity index (χ3n) is 2.30. The zero-order valence-electron chi connectivity index (χ0n) is 5.10. The lowest BCUT2D eigenvalue weighted by Gasteiger charge is -2.31. The number of hydrogen-bond donors (Lipinski definition) is 0. The van der Waals surface area contributed by atoms with Crippen molar-refractivity contribution < 1.29 is 0 Å². The molecule has 46 valence electrons. The van der Waals surface area contributed by atoms with Crippen LogP contribution in [-0.2, 0) is 0 Å². The predicted octanol–water partition coefficient (Wildman–Crippen LogP) is 2.29. The van der Waals surface area contributed by atoms with E-state index < -0.39 is 0 Å². The molecule has 2 aliphatic heterocycles. The minimum atomic E-state index is 1.09. The summed E-state index contributed by atoms with van der Waals surface area (Å²) in [6.45, 7) is 0. The van der Waals surface area contributed by atoms with Crippen LogP contribution >= 0.6 is 11.8 Å². The highest BCUT2D eigenvalue weighted by Gasteiger charge is 2.30. The van der Waals surface area contributed by atoms with Crippen LogP contribution in [0.1, 0.15) is 25.7 Å². The van der Waals surface area contributed by atoms with Gasteiger partial charge in [0.15, 0.2) is 0 Å². The van der Waals surface area contributed by atoms with E-state index in [1.807, 2.05) is 0 Å². The van der Waals surface area contributed by atoms with Crippen molar-refractivity contribution in [3.05, 3.63) is 0 Å². The second-order valence-corrected chi connectivity index (χ2v) is 4.38. The molecule has 0 aromatic heterocycles. The molecular weight excluding hydrogens is 116 g/mol. The van der Waals surface area contributed by atoms with E-state index in [1.165, 1.54) is 18.6 Å². The van der Waals surface area contributed by atoms with Gasteiger partial charge in [0.25, 0.3) is 0 Å². The summed E-state index contributed by atoms with van der Waals surface area (Å²) in [6.07, 6.45) is 6.12. The summed E-state index contributed by atoms with van der Waals surface area (Å²) in [6, 6.07) is 0. The average Bonchev–Trinajstić information content (AvgIpc) is 1.89. The Morgan fingerprint density at radius 1 is 1.25 bits per heavy atom. The van der Waals surface area contributed by atoms with E-state index in [-0.39, 0.29) is 0 Å². The molecule has 3 aliphatic rings. The maximum Gasteiger partial charge on any atom is 0.00523 e. The van der Waals surface area contributed by atoms with Crippen molar-refractivity contribution in [2.75, 3.05) is 5.75 Å². The lowest BCUT2D eigenvalue weighted by molar-refractivity contribution is 0.315. The molecule has 0 radical (unpaired) electrons. The summed E-state index contributed by atoms with van der Waals surface area (Å²) >= 11 is 2.20. The molecule has 0 amide bonds. The van der Waals surface area contributed by atoms with E-state index in [2.05, 4.69) is 11.8 Å². The van der Waals surface area contributed by atoms with Crippen LogP contribution in [0.2, 0.25) is 0 Å². The molecule has 8 heavy (non-hydrogen) atoms. The van der Waals surface area contributed by atoms with Crippen molar-refractivity contribution in [2.24, 2.45) is 5.92 Å². The monoisotopic (exact) mass is 128 g/mol. The van der Waals surface area contributed by atoms with Crippen LogP contribution in [0.5, 0.6) is 0 Å². The zero-order chi connectivity index (χ0) is 5.40. The van der Waals surface area contributed by atoms with E-state index in [0.29, 0.717) is 0 Å².